The molecule has 2 heterocycles. The van der Waals surface area contributed by atoms with Crippen LogP contribution in [0.1, 0.15) is 10.4 Å². The van der Waals surface area contributed by atoms with Gasteiger partial charge in [-0.3, -0.25) is 0 Å². The summed E-state index contributed by atoms with van der Waals surface area (Å²) in [5.41, 5.74) is 3.34. The van der Waals surface area contributed by atoms with Crippen molar-refractivity contribution in [2.24, 2.45) is 0 Å². The van der Waals surface area contributed by atoms with Gasteiger partial charge in [-0.25, -0.2) is 9.78 Å². The van der Waals surface area contributed by atoms with Crippen molar-refractivity contribution in [3.05, 3.63) is 66.5 Å². The van der Waals surface area contributed by atoms with E-state index in [1.54, 1.807) is 18.5 Å². The van der Waals surface area contributed by atoms with Gasteiger partial charge in [0.1, 0.15) is 0 Å². The number of hydrogen-bond donors (Lipinski definition) is 1. The highest BCUT2D eigenvalue weighted by molar-refractivity contribution is 5.97. The molecule has 0 spiro atoms. The Labute approximate surface area is 157 Å². The first kappa shape index (κ1) is 17.5. The number of carboxylic acid groups (broad SMARTS) is 1. The topological polar surface area (TPSA) is 73.6 Å². The number of benzene rings is 2. The van der Waals surface area contributed by atoms with Crippen LogP contribution in [0.15, 0.2) is 60.9 Å². The molecule has 1 aromatic heterocycles. The molecule has 1 atom stereocenters. The van der Waals surface area contributed by atoms with E-state index in [9.17, 15) is 9.90 Å². The van der Waals surface area contributed by atoms with Gasteiger partial charge in [0.25, 0.3) is 0 Å². The standard InChI is InChI=1S/C21H20N2O4/c24-21(25)18-9-5-4-8-17(18)20-19(15-6-2-1-3-7-15)22-14-23(20)12-16-13-26-10-11-27-16/h1-9,14,16H,10-13H2,(H,24,25)/t16-/m0/s1. The molecule has 0 bridgehead atoms. The van der Waals surface area contributed by atoms with E-state index in [0.717, 1.165) is 17.0 Å². The number of rotatable bonds is 5. The van der Waals surface area contributed by atoms with Crippen LogP contribution in [-0.4, -0.2) is 46.6 Å². The lowest BCUT2D eigenvalue weighted by Crippen LogP contribution is -2.32. The van der Waals surface area contributed by atoms with Crippen molar-refractivity contribution in [2.75, 3.05) is 19.8 Å². The Balaban J connectivity index is 1.84. The van der Waals surface area contributed by atoms with Gasteiger partial charge in [0, 0.05) is 11.1 Å². The Bertz CT molecular complexity index is 930. The SMILES string of the molecule is O=C(O)c1ccccc1-c1c(-c2ccccc2)ncn1C[C@H]1COCCO1. The van der Waals surface area contributed by atoms with E-state index >= 15 is 0 Å². The maximum Gasteiger partial charge on any atom is 0.336 e. The Hall–Kier alpha value is -2.96. The summed E-state index contributed by atoms with van der Waals surface area (Å²) in [5.74, 6) is -0.963. The van der Waals surface area contributed by atoms with Crippen molar-refractivity contribution in [1.29, 1.82) is 0 Å². The second kappa shape index (κ2) is 7.73. The molecular weight excluding hydrogens is 344 g/mol. The summed E-state index contributed by atoms with van der Waals surface area (Å²) in [6, 6.07) is 16.8. The molecule has 27 heavy (non-hydrogen) atoms. The van der Waals surface area contributed by atoms with Gasteiger partial charge < -0.3 is 19.1 Å². The van der Waals surface area contributed by atoms with E-state index in [1.165, 1.54) is 0 Å². The Morgan fingerprint density at radius 1 is 1.11 bits per heavy atom. The average Bonchev–Trinajstić information content (AvgIpc) is 3.12. The minimum Gasteiger partial charge on any atom is -0.478 e. The Kier molecular flexibility index (Phi) is 5.00. The lowest BCUT2D eigenvalue weighted by Gasteiger charge is -2.24. The first-order valence-corrected chi connectivity index (χ1v) is 8.86. The fourth-order valence-corrected chi connectivity index (χ4v) is 3.35. The molecule has 1 N–H and O–H groups in total. The molecule has 0 saturated carbocycles. The first-order chi connectivity index (χ1) is 13.2. The van der Waals surface area contributed by atoms with Crippen LogP contribution in [0.2, 0.25) is 0 Å². The van der Waals surface area contributed by atoms with Gasteiger partial charge in [0.15, 0.2) is 0 Å². The molecule has 6 heteroatoms. The molecule has 4 rings (SSSR count). The molecular formula is C21H20N2O4. The van der Waals surface area contributed by atoms with Gasteiger partial charge in [-0.05, 0) is 6.07 Å². The molecule has 1 fully saturated rings. The Morgan fingerprint density at radius 2 is 1.89 bits per heavy atom. The molecule has 138 valence electrons. The van der Waals surface area contributed by atoms with Crippen molar-refractivity contribution in [3.8, 4) is 22.5 Å². The summed E-state index contributed by atoms with van der Waals surface area (Å²) in [6.07, 6.45) is 1.65. The number of carbonyl (C=O) groups is 1. The van der Waals surface area contributed by atoms with Gasteiger partial charge in [-0.15, -0.1) is 0 Å². The van der Waals surface area contributed by atoms with Gasteiger partial charge in [0.2, 0.25) is 0 Å². The normalized spacial score (nSPS) is 17.0. The van der Waals surface area contributed by atoms with Crippen molar-refractivity contribution in [3.63, 3.8) is 0 Å². The van der Waals surface area contributed by atoms with Crippen LogP contribution in [-0.2, 0) is 16.0 Å². The molecule has 2 aromatic carbocycles. The maximum absolute atomic E-state index is 11.8. The fourth-order valence-electron chi connectivity index (χ4n) is 3.35. The number of ether oxygens (including phenoxy) is 2. The quantitative estimate of drug-likeness (QED) is 0.752. The third kappa shape index (κ3) is 3.63. The van der Waals surface area contributed by atoms with Crippen LogP contribution < -0.4 is 0 Å². The van der Waals surface area contributed by atoms with E-state index < -0.39 is 5.97 Å². The molecule has 0 aliphatic carbocycles. The van der Waals surface area contributed by atoms with Crippen LogP contribution in [0.4, 0.5) is 0 Å². The van der Waals surface area contributed by atoms with Crippen molar-refractivity contribution in [2.45, 2.75) is 12.6 Å². The molecule has 0 unspecified atom stereocenters. The highest BCUT2D eigenvalue weighted by atomic mass is 16.6. The lowest BCUT2D eigenvalue weighted by atomic mass is 10.00. The number of imidazole rings is 1. The summed E-state index contributed by atoms with van der Waals surface area (Å²) in [4.78, 5) is 16.4. The zero-order valence-electron chi connectivity index (χ0n) is 14.7. The number of carboxylic acids is 1. The summed E-state index contributed by atoms with van der Waals surface area (Å²) >= 11 is 0. The average molecular weight is 364 g/mol. The number of hydrogen-bond acceptors (Lipinski definition) is 4. The Morgan fingerprint density at radius 3 is 2.63 bits per heavy atom. The van der Waals surface area contributed by atoms with E-state index in [4.69, 9.17) is 9.47 Å². The van der Waals surface area contributed by atoms with E-state index in [-0.39, 0.29) is 11.7 Å². The van der Waals surface area contributed by atoms with E-state index in [0.29, 0.717) is 31.9 Å². The van der Waals surface area contributed by atoms with Crippen LogP contribution in [0.5, 0.6) is 0 Å². The number of aromatic nitrogens is 2. The molecule has 0 radical (unpaired) electrons. The van der Waals surface area contributed by atoms with Crippen LogP contribution >= 0.6 is 0 Å². The summed E-state index contributed by atoms with van der Waals surface area (Å²) < 4.78 is 13.2. The summed E-state index contributed by atoms with van der Waals surface area (Å²) in [7, 11) is 0. The van der Waals surface area contributed by atoms with Gasteiger partial charge in [-0.1, -0.05) is 48.5 Å². The van der Waals surface area contributed by atoms with Crippen LogP contribution in [0, 0.1) is 0 Å². The van der Waals surface area contributed by atoms with Gasteiger partial charge in [-0.2, -0.15) is 0 Å². The monoisotopic (exact) mass is 364 g/mol. The highest BCUT2D eigenvalue weighted by Crippen LogP contribution is 2.33. The van der Waals surface area contributed by atoms with Crippen LogP contribution in [0.25, 0.3) is 22.5 Å². The number of aromatic carboxylic acids is 1. The number of nitrogens with zero attached hydrogens (tertiary/aromatic N) is 2. The second-order valence-corrected chi connectivity index (χ2v) is 6.38. The minimum absolute atomic E-state index is 0.0905. The van der Waals surface area contributed by atoms with E-state index in [1.807, 2.05) is 47.0 Å². The summed E-state index contributed by atoms with van der Waals surface area (Å²) in [6.45, 7) is 2.22. The largest absolute Gasteiger partial charge is 0.478 e. The third-order valence-electron chi connectivity index (χ3n) is 4.58. The second-order valence-electron chi connectivity index (χ2n) is 6.38. The minimum atomic E-state index is -0.963. The zero-order valence-corrected chi connectivity index (χ0v) is 14.7. The molecule has 1 aliphatic heterocycles. The predicted molar refractivity (Wildman–Crippen MR) is 101 cm³/mol. The fraction of sp³-hybridized carbons (Fsp3) is 0.238. The molecule has 1 saturated heterocycles. The van der Waals surface area contributed by atoms with Gasteiger partial charge in [0.05, 0.1) is 55.7 Å². The molecule has 1 aliphatic rings. The zero-order chi connectivity index (χ0) is 18.6. The third-order valence-corrected chi connectivity index (χ3v) is 4.58. The van der Waals surface area contributed by atoms with Crippen LogP contribution in [0.3, 0.4) is 0 Å². The molecule has 6 nitrogen and oxygen atoms in total. The lowest BCUT2D eigenvalue weighted by molar-refractivity contribution is -0.0934. The molecule has 0 amide bonds. The highest BCUT2D eigenvalue weighted by Gasteiger charge is 2.23. The predicted octanol–water partition coefficient (Wildman–Crippen LogP) is 3.33. The molecule has 3 aromatic rings. The van der Waals surface area contributed by atoms with Crippen molar-refractivity contribution < 1.29 is 19.4 Å². The first-order valence-electron chi connectivity index (χ1n) is 8.86. The van der Waals surface area contributed by atoms with Crippen molar-refractivity contribution in [1.82, 2.24) is 9.55 Å². The maximum atomic E-state index is 11.8. The van der Waals surface area contributed by atoms with Gasteiger partial charge >= 0.3 is 5.97 Å². The van der Waals surface area contributed by atoms with Crippen molar-refractivity contribution >= 4 is 5.97 Å². The van der Waals surface area contributed by atoms with E-state index in [2.05, 4.69) is 4.98 Å². The smallest absolute Gasteiger partial charge is 0.336 e. The summed E-state index contributed by atoms with van der Waals surface area (Å²) in [5, 5.41) is 9.66.